The van der Waals surface area contributed by atoms with Crippen LogP contribution in [0.5, 0.6) is 0 Å². The van der Waals surface area contributed by atoms with Gasteiger partial charge in [-0.1, -0.05) is 60.7 Å². The van der Waals surface area contributed by atoms with E-state index >= 15 is 0 Å². The first-order valence-corrected chi connectivity index (χ1v) is 8.32. The number of carbonyl (C=O) groups is 2. The minimum atomic E-state index is -1.14. The maximum absolute atomic E-state index is 12.3. The molecule has 1 amide bonds. The molecule has 0 heterocycles. The number of amides is 1. The summed E-state index contributed by atoms with van der Waals surface area (Å²) in [5, 5.41) is 14.9. The van der Waals surface area contributed by atoms with Gasteiger partial charge >= 0.3 is 0 Å². The van der Waals surface area contributed by atoms with Crippen molar-refractivity contribution < 1.29 is 14.7 Å². The van der Waals surface area contributed by atoms with Gasteiger partial charge in [-0.15, -0.1) is 0 Å². The van der Waals surface area contributed by atoms with Crippen LogP contribution in [0.2, 0.25) is 0 Å². The van der Waals surface area contributed by atoms with Gasteiger partial charge in [-0.25, -0.2) is 5.43 Å². The third kappa shape index (κ3) is 4.53. The Morgan fingerprint density at radius 3 is 2.28 bits per heavy atom. The number of nitrogens with zero attached hydrogens (tertiary/aromatic N) is 1. The van der Waals surface area contributed by atoms with Gasteiger partial charge < -0.3 is 9.90 Å². The molecule has 5 nitrogen and oxygen atoms in total. The topological polar surface area (TPSA) is 81.6 Å². The monoisotopic (exact) mass is 335 g/mol. The first kappa shape index (κ1) is 16.9. The minimum Gasteiger partial charge on any atom is -0.550 e. The summed E-state index contributed by atoms with van der Waals surface area (Å²) in [7, 11) is 0. The molecule has 0 radical (unpaired) electrons. The summed E-state index contributed by atoms with van der Waals surface area (Å²) < 4.78 is 0. The molecule has 1 aliphatic carbocycles. The van der Waals surface area contributed by atoms with E-state index in [-0.39, 0.29) is 30.6 Å². The van der Waals surface area contributed by atoms with Crippen molar-refractivity contribution in [2.24, 2.45) is 11.0 Å². The predicted molar refractivity (Wildman–Crippen MR) is 92.7 cm³/mol. The highest BCUT2D eigenvalue weighted by Crippen LogP contribution is 2.47. The number of aliphatic carboxylic acids is 1. The van der Waals surface area contributed by atoms with Gasteiger partial charge in [-0.3, -0.25) is 4.79 Å². The number of carboxylic acid groups (broad SMARTS) is 1. The lowest BCUT2D eigenvalue weighted by Crippen LogP contribution is -2.25. The molecule has 2 aromatic rings. The van der Waals surface area contributed by atoms with Crippen LogP contribution >= 0.6 is 0 Å². The number of hydrogen-bond acceptors (Lipinski definition) is 4. The molecule has 0 aliphatic heterocycles. The van der Waals surface area contributed by atoms with Crippen LogP contribution in [0.1, 0.15) is 36.3 Å². The smallest absolute Gasteiger partial charge is 0.243 e. The van der Waals surface area contributed by atoms with Crippen molar-refractivity contribution in [1.29, 1.82) is 0 Å². The van der Waals surface area contributed by atoms with E-state index in [1.165, 1.54) is 0 Å². The maximum atomic E-state index is 12.3. The molecule has 128 valence electrons. The molecule has 5 heteroatoms. The second kappa shape index (κ2) is 7.75. The molecule has 0 aromatic heterocycles. The maximum Gasteiger partial charge on any atom is 0.243 e. The summed E-state index contributed by atoms with van der Waals surface area (Å²) in [5.74, 6) is -1.11. The molecule has 1 N–H and O–H groups in total. The Hall–Kier alpha value is -2.95. The Labute approximate surface area is 146 Å². The number of rotatable bonds is 7. The minimum absolute atomic E-state index is 0.0793. The SMILES string of the molecule is O=C([O-])CC/C(=N/NC(=O)[C@H]1C[C@@H]1c1ccccc1)c1ccccc1. The Morgan fingerprint density at radius 2 is 1.64 bits per heavy atom. The molecule has 0 bridgehead atoms. The standard InChI is InChI=1S/C20H20N2O3/c23-19(24)12-11-18(15-9-5-2-6-10-15)21-22-20(25)17-13-16(17)14-7-3-1-4-8-14/h1-10,16-17H,11-13H2,(H,22,25)(H,23,24)/p-1/b21-18-/t16-,17+/m1/s1. The van der Waals surface area contributed by atoms with Crippen LogP contribution in [0.4, 0.5) is 0 Å². The Balaban J connectivity index is 1.65. The van der Waals surface area contributed by atoms with Gasteiger partial charge in [-0.2, -0.15) is 5.10 Å². The third-order valence-electron chi connectivity index (χ3n) is 4.33. The molecule has 1 aliphatic rings. The third-order valence-corrected chi connectivity index (χ3v) is 4.33. The molecule has 1 saturated carbocycles. The number of benzene rings is 2. The Morgan fingerprint density at radius 1 is 1.00 bits per heavy atom. The van der Waals surface area contributed by atoms with Crippen molar-refractivity contribution in [3.05, 3.63) is 71.8 Å². The normalized spacial score (nSPS) is 19.3. The summed E-state index contributed by atoms with van der Waals surface area (Å²) in [6.45, 7) is 0. The summed E-state index contributed by atoms with van der Waals surface area (Å²) >= 11 is 0. The van der Waals surface area contributed by atoms with Crippen molar-refractivity contribution in [2.45, 2.75) is 25.2 Å². The number of hydrazone groups is 1. The first-order chi connectivity index (χ1) is 12.1. The van der Waals surface area contributed by atoms with Crippen LogP contribution in [0.3, 0.4) is 0 Å². The Bertz CT molecular complexity index is 772. The van der Waals surface area contributed by atoms with E-state index < -0.39 is 5.97 Å². The average Bonchev–Trinajstić information content (AvgIpc) is 3.44. The van der Waals surface area contributed by atoms with Crippen LogP contribution in [-0.2, 0) is 9.59 Å². The van der Waals surface area contributed by atoms with Crippen molar-refractivity contribution in [2.75, 3.05) is 0 Å². The number of hydrogen-bond donors (Lipinski definition) is 1. The van der Waals surface area contributed by atoms with Crippen LogP contribution in [-0.4, -0.2) is 17.6 Å². The largest absolute Gasteiger partial charge is 0.550 e. The molecule has 1 fully saturated rings. The van der Waals surface area contributed by atoms with Gasteiger partial charge in [0.05, 0.1) is 5.71 Å². The zero-order chi connectivity index (χ0) is 17.6. The fourth-order valence-corrected chi connectivity index (χ4v) is 2.87. The van der Waals surface area contributed by atoms with Crippen LogP contribution in [0.15, 0.2) is 65.8 Å². The zero-order valence-corrected chi connectivity index (χ0v) is 13.7. The van der Waals surface area contributed by atoms with Gasteiger partial charge in [-0.05, 0) is 36.3 Å². The van der Waals surface area contributed by atoms with Crippen LogP contribution in [0.25, 0.3) is 0 Å². The second-order valence-corrected chi connectivity index (χ2v) is 6.13. The second-order valence-electron chi connectivity index (χ2n) is 6.13. The molecule has 0 unspecified atom stereocenters. The molecule has 3 rings (SSSR count). The molecule has 0 spiro atoms. The molecule has 2 atom stereocenters. The lowest BCUT2D eigenvalue weighted by Gasteiger charge is -2.08. The average molecular weight is 335 g/mol. The van der Waals surface area contributed by atoms with E-state index in [1.807, 2.05) is 60.7 Å². The van der Waals surface area contributed by atoms with Gasteiger partial charge in [0.1, 0.15) is 0 Å². The van der Waals surface area contributed by atoms with E-state index in [0.717, 1.165) is 17.5 Å². The predicted octanol–water partition coefficient (Wildman–Crippen LogP) is 1.84. The Kier molecular flexibility index (Phi) is 5.23. The number of nitrogens with one attached hydrogen (secondary N) is 1. The van der Waals surface area contributed by atoms with Gasteiger partial charge in [0, 0.05) is 11.9 Å². The van der Waals surface area contributed by atoms with Crippen LogP contribution < -0.4 is 10.5 Å². The fourth-order valence-electron chi connectivity index (χ4n) is 2.87. The van der Waals surface area contributed by atoms with Crippen molar-refractivity contribution >= 4 is 17.6 Å². The van der Waals surface area contributed by atoms with Gasteiger partial charge in [0.2, 0.25) is 5.91 Å². The van der Waals surface area contributed by atoms with Crippen molar-refractivity contribution in [3.63, 3.8) is 0 Å². The number of carboxylic acids is 1. The highest BCUT2D eigenvalue weighted by Gasteiger charge is 2.43. The lowest BCUT2D eigenvalue weighted by atomic mass is 10.1. The quantitative estimate of drug-likeness (QED) is 0.619. The fraction of sp³-hybridized carbons (Fsp3) is 0.250. The van der Waals surface area contributed by atoms with E-state index in [9.17, 15) is 14.7 Å². The molecular weight excluding hydrogens is 316 g/mol. The number of carbonyl (C=O) groups excluding carboxylic acids is 2. The van der Waals surface area contributed by atoms with E-state index in [1.54, 1.807) is 0 Å². The van der Waals surface area contributed by atoms with E-state index in [2.05, 4.69) is 10.5 Å². The molecular formula is C20H19N2O3-. The van der Waals surface area contributed by atoms with Crippen LogP contribution in [0, 0.1) is 5.92 Å². The van der Waals surface area contributed by atoms with Crippen molar-refractivity contribution in [1.82, 2.24) is 5.43 Å². The highest BCUT2D eigenvalue weighted by molar-refractivity contribution is 6.02. The van der Waals surface area contributed by atoms with Crippen molar-refractivity contribution in [3.8, 4) is 0 Å². The summed E-state index contributed by atoms with van der Waals surface area (Å²) in [5.41, 5.74) is 5.09. The van der Waals surface area contributed by atoms with E-state index in [0.29, 0.717) is 5.71 Å². The molecule has 2 aromatic carbocycles. The van der Waals surface area contributed by atoms with Gasteiger partial charge in [0.15, 0.2) is 0 Å². The molecule has 0 saturated heterocycles. The highest BCUT2D eigenvalue weighted by atomic mass is 16.4. The first-order valence-electron chi connectivity index (χ1n) is 8.32. The van der Waals surface area contributed by atoms with E-state index in [4.69, 9.17) is 0 Å². The molecule has 25 heavy (non-hydrogen) atoms. The zero-order valence-electron chi connectivity index (χ0n) is 13.7. The van der Waals surface area contributed by atoms with Gasteiger partial charge in [0.25, 0.3) is 0 Å². The lowest BCUT2D eigenvalue weighted by molar-refractivity contribution is -0.305. The summed E-state index contributed by atoms with van der Waals surface area (Å²) in [4.78, 5) is 23.1. The summed E-state index contributed by atoms with van der Waals surface area (Å²) in [6, 6.07) is 19.2. The summed E-state index contributed by atoms with van der Waals surface area (Å²) in [6.07, 6.45) is 0.879.